The molecule has 2 aliphatic carbocycles. The molecule has 1 aromatic rings. The molecule has 1 N–H and O–H groups in total. The molecule has 2 aliphatic rings. The highest BCUT2D eigenvalue weighted by molar-refractivity contribution is 5.96. The van der Waals surface area contributed by atoms with E-state index in [4.69, 9.17) is 0 Å². The van der Waals surface area contributed by atoms with Gasteiger partial charge in [-0.3, -0.25) is 4.79 Å². The number of hydrogen-bond donors (Lipinski definition) is 1. The third kappa shape index (κ3) is 2.43. The molecule has 4 heteroatoms. The normalized spacial score (nSPS) is 29.0. The summed E-state index contributed by atoms with van der Waals surface area (Å²) < 4.78 is 0. The summed E-state index contributed by atoms with van der Waals surface area (Å²) in [5.41, 5.74) is 1.82. The van der Waals surface area contributed by atoms with Gasteiger partial charge in [0.2, 0.25) is 5.91 Å². The van der Waals surface area contributed by atoms with E-state index in [0.717, 1.165) is 17.7 Å². The van der Waals surface area contributed by atoms with Crippen molar-refractivity contribution >= 4 is 17.6 Å². The minimum Gasteiger partial charge on any atom is -0.550 e. The molecule has 4 atom stereocenters. The molecule has 0 unspecified atom stereocenters. The van der Waals surface area contributed by atoms with Gasteiger partial charge in [0.15, 0.2) is 0 Å². The van der Waals surface area contributed by atoms with Gasteiger partial charge in [-0.15, -0.1) is 0 Å². The van der Waals surface area contributed by atoms with Gasteiger partial charge in [-0.25, -0.2) is 0 Å². The zero-order valence-electron chi connectivity index (χ0n) is 12.8. The van der Waals surface area contributed by atoms with Crippen LogP contribution in [0.5, 0.6) is 0 Å². The third-order valence-electron chi connectivity index (χ3n) is 4.87. The molecule has 0 aromatic heterocycles. The number of allylic oxidation sites excluding steroid dienone is 2. The molecule has 0 saturated heterocycles. The Labute approximate surface area is 130 Å². The Bertz CT molecular complexity index is 635. The molecule has 0 spiro atoms. The second kappa shape index (κ2) is 5.59. The van der Waals surface area contributed by atoms with Crippen LogP contribution in [-0.4, -0.2) is 11.9 Å². The quantitative estimate of drug-likeness (QED) is 0.864. The maximum atomic E-state index is 12.7. The van der Waals surface area contributed by atoms with Gasteiger partial charge >= 0.3 is 0 Å². The fourth-order valence-corrected chi connectivity index (χ4v) is 3.83. The number of nitrogens with one attached hydrogen (secondary N) is 1. The van der Waals surface area contributed by atoms with Crippen molar-refractivity contribution in [3.8, 4) is 0 Å². The first-order valence-electron chi connectivity index (χ1n) is 7.78. The Morgan fingerprint density at radius 3 is 2.41 bits per heavy atom. The van der Waals surface area contributed by atoms with Gasteiger partial charge in [0, 0.05) is 17.6 Å². The zero-order chi connectivity index (χ0) is 15.9. The first-order chi connectivity index (χ1) is 10.5. The molecule has 22 heavy (non-hydrogen) atoms. The van der Waals surface area contributed by atoms with E-state index in [9.17, 15) is 14.7 Å². The lowest BCUT2D eigenvalue weighted by atomic mass is 9.82. The summed E-state index contributed by atoms with van der Waals surface area (Å²) in [6.07, 6.45) is 4.63. The third-order valence-corrected chi connectivity index (χ3v) is 4.87. The average molecular weight is 298 g/mol. The van der Waals surface area contributed by atoms with Gasteiger partial charge < -0.3 is 15.2 Å². The van der Waals surface area contributed by atoms with Crippen LogP contribution < -0.4 is 10.4 Å². The number of anilines is 1. The van der Waals surface area contributed by atoms with Crippen LogP contribution in [0.25, 0.3) is 0 Å². The second-order valence-corrected chi connectivity index (χ2v) is 6.55. The highest BCUT2D eigenvalue weighted by Crippen LogP contribution is 2.48. The molecule has 0 radical (unpaired) electrons. The first kappa shape index (κ1) is 14.8. The van der Waals surface area contributed by atoms with E-state index in [2.05, 4.69) is 19.2 Å². The fraction of sp³-hybridized carbons (Fsp3) is 0.444. The predicted octanol–water partition coefficient (Wildman–Crippen LogP) is 1.94. The molecule has 1 fully saturated rings. The number of para-hydroxylation sites is 1. The van der Waals surface area contributed by atoms with Gasteiger partial charge in [-0.2, -0.15) is 0 Å². The van der Waals surface area contributed by atoms with Crippen molar-refractivity contribution in [2.24, 2.45) is 23.7 Å². The van der Waals surface area contributed by atoms with Crippen LogP contribution in [0.15, 0.2) is 36.4 Å². The molecule has 1 aromatic carbocycles. The Hall–Kier alpha value is -2.10. The Kier molecular flexibility index (Phi) is 3.77. The predicted molar refractivity (Wildman–Crippen MR) is 81.9 cm³/mol. The minimum absolute atomic E-state index is 0.0131. The van der Waals surface area contributed by atoms with Crippen LogP contribution in [-0.2, 0) is 9.59 Å². The summed E-state index contributed by atoms with van der Waals surface area (Å²) in [6.45, 7) is 4.13. The second-order valence-electron chi connectivity index (χ2n) is 6.55. The van der Waals surface area contributed by atoms with Crippen molar-refractivity contribution in [3.05, 3.63) is 42.0 Å². The van der Waals surface area contributed by atoms with E-state index in [1.54, 1.807) is 0 Å². The van der Waals surface area contributed by atoms with E-state index in [1.807, 2.05) is 36.4 Å². The van der Waals surface area contributed by atoms with Gasteiger partial charge in [-0.1, -0.05) is 44.2 Å². The van der Waals surface area contributed by atoms with Crippen LogP contribution in [0.3, 0.4) is 0 Å². The lowest BCUT2D eigenvalue weighted by Gasteiger charge is -2.28. The maximum absolute atomic E-state index is 12.7. The zero-order valence-corrected chi connectivity index (χ0v) is 12.8. The molecule has 4 nitrogen and oxygen atoms in total. The van der Waals surface area contributed by atoms with Crippen molar-refractivity contribution < 1.29 is 14.7 Å². The van der Waals surface area contributed by atoms with Crippen molar-refractivity contribution in [1.29, 1.82) is 0 Å². The number of aliphatic carboxylic acids is 1. The van der Waals surface area contributed by atoms with Gasteiger partial charge in [0.1, 0.15) is 0 Å². The van der Waals surface area contributed by atoms with Crippen LogP contribution in [0.2, 0.25) is 0 Å². The van der Waals surface area contributed by atoms with E-state index in [-0.39, 0.29) is 23.7 Å². The van der Waals surface area contributed by atoms with Crippen molar-refractivity contribution in [2.45, 2.75) is 26.2 Å². The topological polar surface area (TPSA) is 69.2 Å². The molecule has 116 valence electrons. The monoisotopic (exact) mass is 298 g/mol. The van der Waals surface area contributed by atoms with Crippen LogP contribution in [0.1, 0.15) is 31.7 Å². The molecule has 2 bridgehead atoms. The highest BCUT2D eigenvalue weighted by atomic mass is 16.4. The molecule has 0 heterocycles. The van der Waals surface area contributed by atoms with E-state index < -0.39 is 17.8 Å². The van der Waals surface area contributed by atoms with E-state index in [1.165, 1.54) is 0 Å². The SMILES string of the molecule is CC(C)c1ccccc1NC(=O)[C@H]1[C@@H](C(=O)[O-])[C@H]2C=C[C@@H]1C2. The number of carboxylic acids is 1. The number of amides is 1. The standard InChI is InChI=1S/C18H21NO3/c1-10(2)13-5-3-4-6-14(13)19-17(20)15-11-7-8-12(9-11)16(15)18(21)22/h3-8,10-12,15-16H,9H2,1-2H3,(H,19,20)(H,21,22)/p-1/t11-,12+,15-,16+/m1/s1. The largest absolute Gasteiger partial charge is 0.550 e. The summed E-state index contributed by atoms with van der Waals surface area (Å²) in [4.78, 5) is 24.1. The first-order valence-corrected chi connectivity index (χ1v) is 7.78. The molecule has 3 rings (SSSR count). The smallest absolute Gasteiger partial charge is 0.228 e. The summed E-state index contributed by atoms with van der Waals surface area (Å²) in [7, 11) is 0. The number of carbonyl (C=O) groups excluding carboxylic acids is 2. The number of carbonyl (C=O) groups is 2. The molecule has 1 saturated carbocycles. The van der Waals surface area contributed by atoms with Gasteiger partial charge in [-0.05, 0) is 35.8 Å². The lowest BCUT2D eigenvalue weighted by molar-refractivity contribution is -0.313. The summed E-state index contributed by atoms with van der Waals surface area (Å²) in [5.74, 6) is -2.33. The Morgan fingerprint density at radius 1 is 1.14 bits per heavy atom. The van der Waals surface area contributed by atoms with Gasteiger partial charge in [0.25, 0.3) is 0 Å². The lowest BCUT2D eigenvalue weighted by Crippen LogP contribution is -2.43. The number of carboxylic acid groups (broad SMARTS) is 1. The van der Waals surface area contributed by atoms with Crippen molar-refractivity contribution in [3.63, 3.8) is 0 Å². The van der Waals surface area contributed by atoms with Crippen LogP contribution in [0, 0.1) is 23.7 Å². The minimum atomic E-state index is -1.12. The van der Waals surface area contributed by atoms with Gasteiger partial charge in [0.05, 0.1) is 5.92 Å². The summed E-state index contributed by atoms with van der Waals surface area (Å²) >= 11 is 0. The number of fused-ring (bicyclic) bond motifs is 2. The number of hydrogen-bond acceptors (Lipinski definition) is 3. The van der Waals surface area contributed by atoms with Crippen LogP contribution >= 0.6 is 0 Å². The highest BCUT2D eigenvalue weighted by Gasteiger charge is 2.48. The molecular weight excluding hydrogens is 278 g/mol. The fourth-order valence-electron chi connectivity index (χ4n) is 3.83. The van der Waals surface area contributed by atoms with Crippen LogP contribution in [0.4, 0.5) is 5.69 Å². The van der Waals surface area contributed by atoms with E-state index >= 15 is 0 Å². The Morgan fingerprint density at radius 2 is 1.77 bits per heavy atom. The molecule has 0 aliphatic heterocycles. The number of rotatable bonds is 4. The summed E-state index contributed by atoms with van der Waals surface area (Å²) in [6, 6.07) is 7.66. The Balaban J connectivity index is 1.83. The maximum Gasteiger partial charge on any atom is 0.228 e. The van der Waals surface area contributed by atoms with Crippen molar-refractivity contribution in [1.82, 2.24) is 0 Å². The molecular formula is C18H20NO3-. The van der Waals surface area contributed by atoms with Crippen molar-refractivity contribution in [2.75, 3.05) is 5.32 Å². The summed E-state index contributed by atoms with van der Waals surface area (Å²) in [5, 5.41) is 14.3. The molecule has 1 amide bonds. The number of benzene rings is 1. The average Bonchev–Trinajstić information content (AvgIpc) is 3.08. The van der Waals surface area contributed by atoms with E-state index in [0.29, 0.717) is 0 Å².